The highest BCUT2D eigenvalue weighted by molar-refractivity contribution is 6.18. The van der Waals surface area contributed by atoms with Crippen LogP contribution in [-0.2, 0) is 0 Å². The molecule has 0 radical (unpaired) electrons. The lowest BCUT2D eigenvalue weighted by molar-refractivity contribution is 0.670. The van der Waals surface area contributed by atoms with Crippen LogP contribution in [0.2, 0.25) is 0 Å². The Morgan fingerprint density at radius 3 is 1.64 bits per heavy atom. The molecule has 3 heterocycles. The number of nitrogens with zero attached hydrogens (tertiary/aromatic N) is 2. The molecule has 0 saturated carbocycles. The molecule has 0 atom stereocenters. The largest absolute Gasteiger partial charge is 0.455 e. The molecule has 0 aliphatic heterocycles. The standard InChI is InChI=1S/C66H42N2O/c1-3-17-43(18-4-1)45-21-13-22-48(39-45)52-28-16-33-63-65(52)58-42-47(36-38-62(58)67(63)50-24-14-23-49(40-50)53-29-15-30-56-55-27-9-12-34-64(55)69-66(53)56)46-35-37-61-57(41-46)54-26-8-11-32-60(54)68(61)59-31-10-7-25-51(59)44-19-5-2-6-20-44/h1-42H. The van der Waals surface area contributed by atoms with Crippen molar-refractivity contribution in [1.29, 1.82) is 0 Å². The highest BCUT2D eigenvalue weighted by atomic mass is 16.3. The van der Waals surface area contributed by atoms with E-state index in [1.54, 1.807) is 0 Å². The molecule has 0 aliphatic carbocycles. The maximum absolute atomic E-state index is 6.56. The van der Waals surface area contributed by atoms with Crippen molar-refractivity contribution < 1.29 is 4.42 Å². The van der Waals surface area contributed by atoms with E-state index in [2.05, 4.69) is 258 Å². The average molecular weight is 879 g/mol. The number of aromatic nitrogens is 2. The minimum absolute atomic E-state index is 0.900. The zero-order valence-corrected chi connectivity index (χ0v) is 37.6. The fraction of sp³-hybridized carbons (Fsp3) is 0. The molecule has 3 heteroatoms. The van der Waals surface area contributed by atoms with Crippen LogP contribution in [0.3, 0.4) is 0 Å². The molecule has 14 aromatic rings. The Labute approximate surface area is 399 Å². The highest BCUT2D eigenvalue weighted by Gasteiger charge is 2.21. The molecule has 0 saturated heterocycles. The Morgan fingerprint density at radius 2 is 0.797 bits per heavy atom. The van der Waals surface area contributed by atoms with E-state index in [1.807, 2.05) is 6.07 Å². The molecule has 0 fully saturated rings. The third-order valence-electron chi connectivity index (χ3n) is 14.1. The van der Waals surface area contributed by atoms with Gasteiger partial charge in [-0.2, -0.15) is 0 Å². The summed E-state index contributed by atoms with van der Waals surface area (Å²) in [5.41, 5.74) is 20.4. The van der Waals surface area contributed by atoms with Gasteiger partial charge in [-0.05, 0) is 111 Å². The van der Waals surface area contributed by atoms with E-state index in [0.29, 0.717) is 0 Å². The van der Waals surface area contributed by atoms with Gasteiger partial charge in [-0.25, -0.2) is 0 Å². The molecule has 0 bridgehead atoms. The molecule has 3 aromatic heterocycles. The fourth-order valence-corrected chi connectivity index (χ4v) is 11.0. The lowest BCUT2D eigenvalue weighted by atomic mass is 9.95. The summed E-state index contributed by atoms with van der Waals surface area (Å²) in [5, 5.41) is 7.13. The van der Waals surface area contributed by atoms with Gasteiger partial charge in [0, 0.05) is 49.1 Å². The van der Waals surface area contributed by atoms with E-state index >= 15 is 0 Å². The van der Waals surface area contributed by atoms with Gasteiger partial charge in [0.25, 0.3) is 0 Å². The number of para-hydroxylation sites is 4. The normalized spacial score (nSPS) is 11.8. The first-order valence-electron chi connectivity index (χ1n) is 23.7. The topological polar surface area (TPSA) is 23.0 Å². The zero-order chi connectivity index (χ0) is 45.4. The first-order chi connectivity index (χ1) is 34.2. The van der Waals surface area contributed by atoms with Crippen LogP contribution in [0.1, 0.15) is 0 Å². The summed E-state index contributed by atoms with van der Waals surface area (Å²) in [7, 11) is 0. The van der Waals surface area contributed by atoms with Gasteiger partial charge in [-0.15, -0.1) is 0 Å². The van der Waals surface area contributed by atoms with Gasteiger partial charge in [-0.1, -0.05) is 188 Å². The SMILES string of the molecule is c1ccc(-c2cccc(-c3cccc4c3c3cc(-c5ccc6c(c5)c5ccccc5n6-c5ccccc5-c5ccccc5)ccc3n4-c3cccc(-c4cccc5c4oc4ccccc45)c3)c2)cc1. The second-order valence-electron chi connectivity index (χ2n) is 18.0. The van der Waals surface area contributed by atoms with Gasteiger partial charge < -0.3 is 13.6 Å². The minimum Gasteiger partial charge on any atom is -0.455 e. The molecule has 0 unspecified atom stereocenters. The number of benzene rings is 11. The van der Waals surface area contributed by atoms with Gasteiger partial charge in [0.2, 0.25) is 0 Å². The third kappa shape index (κ3) is 6.29. The number of fused-ring (bicyclic) bond motifs is 9. The van der Waals surface area contributed by atoms with Crippen molar-refractivity contribution in [1.82, 2.24) is 9.13 Å². The number of hydrogen-bond donors (Lipinski definition) is 0. The summed E-state index contributed by atoms with van der Waals surface area (Å²) >= 11 is 0. The van der Waals surface area contributed by atoms with Crippen LogP contribution in [-0.4, -0.2) is 9.13 Å². The van der Waals surface area contributed by atoms with Crippen molar-refractivity contribution in [3.05, 3.63) is 255 Å². The molecule has 0 N–H and O–H groups in total. The summed E-state index contributed by atoms with van der Waals surface area (Å²) < 4.78 is 11.4. The van der Waals surface area contributed by atoms with Gasteiger partial charge >= 0.3 is 0 Å². The van der Waals surface area contributed by atoms with Crippen molar-refractivity contribution in [2.45, 2.75) is 0 Å². The quantitative estimate of drug-likeness (QED) is 0.156. The summed E-state index contributed by atoms with van der Waals surface area (Å²) in [5.74, 6) is 0. The van der Waals surface area contributed by atoms with E-state index in [0.717, 1.165) is 49.8 Å². The second-order valence-corrected chi connectivity index (χ2v) is 18.0. The average Bonchev–Trinajstić information content (AvgIpc) is 4.09. The molecular formula is C66H42N2O. The fourth-order valence-electron chi connectivity index (χ4n) is 11.0. The van der Waals surface area contributed by atoms with Crippen LogP contribution in [0.4, 0.5) is 0 Å². The second kappa shape index (κ2) is 15.7. The predicted molar refractivity (Wildman–Crippen MR) is 290 cm³/mol. The maximum Gasteiger partial charge on any atom is 0.143 e. The van der Waals surface area contributed by atoms with Crippen molar-refractivity contribution >= 4 is 65.6 Å². The van der Waals surface area contributed by atoms with Crippen LogP contribution in [0.25, 0.3) is 133 Å². The summed E-state index contributed by atoms with van der Waals surface area (Å²) in [6.45, 7) is 0. The summed E-state index contributed by atoms with van der Waals surface area (Å²) in [6, 6.07) is 92.5. The van der Waals surface area contributed by atoms with Gasteiger partial charge in [-0.3, -0.25) is 0 Å². The minimum atomic E-state index is 0.900. The molecule has 3 nitrogen and oxygen atoms in total. The van der Waals surface area contributed by atoms with Crippen LogP contribution in [0, 0.1) is 0 Å². The first-order valence-corrected chi connectivity index (χ1v) is 23.7. The molecule has 11 aromatic carbocycles. The summed E-state index contributed by atoms with van der Waals surface area (Å²) in [4.78, 5) is 0. The van der Waals surface area contributed by atoms with Gasteiger partial charge in [0.15, 0.2) is 0 Å². The molecular weight excluding hydrogens is 837 g/mol. The molecule has 322 valence electrons. The predicted octanol–water partition coefficient (Wildman–Crippen LogP) is 18.1. The third-order valence-corrected chi connectivity index (χ3v) is 14.1. The van der Waals surface area contributed by atoms with E-state index < -0.39 is 0 Å². The summed E-state index contributed by atoms with van der Waals surface area (Å²) in [6.07, 6.45) is 0. The van der Waals surface area contributed by atoms with Gasteiger partial charge in [0.1, 0.15) is 11.2 Å². The zero-order valence-electron chi connectivity index (χ0n) is 37.6. The Morgan fingerprint density at radius 1 is 0.261 bits per heavy atom. The monoisotopic (exact) mass is 878 g/mol. The van der Waals surface area contributed by atoms with E-state index in [9.17, 15) is 0 Å². The Kier molecular flexibility index (Phi) is 8.90. The van der Waals surface area contributed by atoms with Crippen LogP contribution in [0.15, 0.2) is 259 Å². The van der Waals surface area contributed by atoms with Crippen LogP contribution < -0.4 is 0 Å². The lowest BCUT2D eigenvalue weighted by Gasteiger charge is -2.14. The maximum atomic E-state index is 6.56. The molecule has 0 spiro atoms. The molecule has 0 amide bonds. The van der Waals surface area contributed by atoms with E-state index in [-0.39, 0.29) is 0 Å². The van der Waals surface area contributed by atoms with Crippen LogP contribution in [0.5, 0.6) is 0 Å². The van der Waals surface area contributed by atoms with Crippen molar-refractivity contribution in [3.8, 4) is 67.0 Å². The number of hydrogen-bond acceptors (Lipinski definition) is 1. The van der Waals surface area contributed by atoms with E-state index in [1.165, 1.54) is 82.8 Å². The Balaban J connectivity index is 0.976. The lowest BCUT2D eigenvalue weighted by Crippen LogP contribution is -1.97. The van der Waals surface area contributed by atoms with E-state index in [4.69, 9.17) is 4.42 Å². The Hall–Kier alpha value is -9.18. The highest BCUT2D eigenvalue weighted by Crippen LogP contribution is 2.44. The van der Waals surface area contributed by atoms with Crippen molar-refractivity contribution in [3.63, 3.8) is 0 Å². The van der Waals surface area contributed by atoms with Crippen molar-refractivity contribution in [2.24, 2.45) is 0 Å². The Bertz CT molecular complexity index is 4300. The smallest absolute Gasteiger partial charge is 0.143 e. The molecule has 69 heavy (non-hydrogen) atoms. The molecule has 0 aliphatic rings. The molecule has 14 rings (SSSR count). The number of rotatable bonds is 7. The first kappa shape index (κ1) is 39.0. The number of furan rings is 1. The van der Waals surface area contributed by atoms with Gasteiger partial charge in [0.05, 0.1) is 27.8 Å². The van der Waals surface area contributed by atoms with Crippen LogP contribution >= 0.6 is 0 Å². The van der Waals surface area contributed by atoms with Crippen molar-refractivity contribution in [2.75, 3.05) is 0 Å².